The van der Waals surface area contributed by atoms with Crippen molar-refractivity contribution >= 4 is 5.97 Å². The molecular formula is C30H23F3O4. The Kier molecular flexibility index (Phi) is 7.93. The van der Waals surface area contributed by atoms with E-state index in [0.717, 1.165) is 0 Å². The molecule has 4 aromatic rings. The number of hydrogen-bond donors (Lipinski definition) is 0. The molecule has 0 radical (unpaired) electrons. The highest BCUT2D eigenvalue weighted by Gasteiger charge is 2.21. The van der Waals surface area contributed by atoms with Crippen LogP contribution in [0.5, 0.6) is 17.2 Å². The van der Waals surface area contributed by atoms with Gasteiger partial charge < -0.3 is 14.2 Å². The summed E-state index contributed by atoms with van der Waals surface area (Å²) in [5.74, 6) is -3.19. The van der Waals surface area contributed by atoms with Gasteiger partial charge in [-0.25, -0.2) is 18.0 Å². The van der Waals surface area contributed by atoms with Crippen molar-refractivity contribution in [3.8, 4) is 39.5 Å². The highest BCUT2D eigenvalue weighted by atomic mass is 19.2. The molecule has 4 nitrogen and oxygen atoms in total. The maximum absolute atomic E-state index is 14.8. The Balaban J connectivity index is 1.48. The number of rotatable bonds is 9. The summed E-state index contributed by atoms with van der Waals surface area (Å²) < 4.78 is 59.7. The normalized spacial score (nSPS) is 10.6. The molecule has 0 aliphatic carbocycles. The highest BCUT2D eigenvalue weighted by molar-refractivity contribution is 5.92. The fourth-order valence-electron chi connectivity index (χ4n) is 3.65. The first-order valence-electron chi connectivity index (χ1n) is 11.5. The van der Waals surface area contributed by atoms with Crippen LogP contribution < -0.4 is 14.2 Å². The predicted octanol–water partition coefficient (Wildman–Crippen LogP) is 7.62. The summed E-state index contributed by atoms with van der Waals surface area (Å²) in [6, 6.07) is 19.7. The van der Waals surface area contributed by atoms with E-state index in [1.165, 1.54) is 42.5 Å². The minimum absolute atomic E-state index is 0.00888. The molecule has 0 heterocycles. The van der Waals surface area contributed by atoms with Gasteiger partial charge in [-0.3, -0.25) is 0 Å². The quantitative estimate of drug-likeness (QED) is 0.134. The van der Waals surface area contributed by atoms with Gasteiger partial charge in [-0.05, 0) is 66.1 Å². The van der Waals surface area contributed by atoms with Gasteiger partial charge in [-0.15, -0.1) is 0 Å². The Bertz CT molecular complexity index is 1410. The zero-order valence-electron chi connectivity index (χ0n) is 20.0. The van der Waals surface area contributed by atoms with Gasteiger partial charge in [0.05, 0.1) is 12.2 Å². The summed E-state index contributed by atoms with van der Waals surface area (Å²) >= 11 is 0. The number of hydrogen-bond acceptors (Lipinski definition) is 4. The van der Waals surface area contributed by atoms with Crippen LogP contribution in [-0.4, -0.2) is 19.2 Å². The van der Waals surface area contributed by atoms with Crippen LogP contribution in [0.1, 0.15) is 17.3 Å². The van der Waals surface area contributed by atoms with Crippen molar-refractivity contribution in [2.24, 2.45) is 0 Å². The molecule has 7 heteroatoms. The van der Waals surface area contributed by atoms with Gasteiger partial charge in [0.15, 0.2) is 23.2 Å². The van der Waals surface area contributed by atoms with Gasteiger partial charge >= 0.3 is 5.97 Å². The largest absolute Gasteiger partial charge is 0.494 e. The highest BCUT2D eigenvalue weighted by Crippen LogP contribution is 2.30. The lowest BCUT2D eigenvalue weighted by Gasteiger charge is -2.10. The molecule has 0 amide bonds. The van der Waals surface area contributed by atoms with E-state index in [9.17, 15) is 18.0 Å². The standard InChI is InChI=1S/C30H23F3O4/c1-3-17-36-27-16-9-21(18-26(27)31)19-5-12-23(13-6-19)37-30(34)25-15-14-24(28(32)29(25)33)20-7-10-22(11-8-20)35-4-2/h3,5-16,18H,1,4,17H2,2H3. The number of halogens is 3. The number of carbonyl (C=O) groups excluding carboxylic acids is 1. The van der Waals surface area contributed by atoms with E-state index in [0.29, 0.717) is 29.0 Å². The predicted molar refractivity (Wildman–Crippen MR) is 135 cm³/mol. The fraction of sp³-hybridized carbons (Fsp3) is 0.100. The zero-order valence-corrected chi connectivity index (χ0v) is 20.0. The van der Waals surface area contributed by atoms with E-state index >= 15 is 0 Å². The van der Waals surface area contributed by atoms with Crippen molar-refractivity contribution in [1.29, 1.82) is 0 Å². The maximum atomic E-state index is 14.8. The van der Waals surface area contributed by atoms with Gasteiger partial charge in [0.25, 0.3) is 0 Å². The Morgan fingerprint density at radius 2 is 1.43 bits per heavy atom. The Morgan fingerprint density at radius 1 is 0.784 bits per heavy atom. The summed E-state index contributed by atoms with van der Waals surface area (Å²) in [6.07, 6.45) is 1.52. The molecule has 0 saturated heterocycles. The van der Waals surface area contributed by atoms with Crippen LogP contribution in [-0.2, 0) is 0 Å². The first-order chi connectivity index (χ1) is 17.9. The average Bonchev–Trinajstić information content (AvgIpc) is 2.90. The molecule has 0 N–H and O–H groups in total. The summed E-state index contributed by atoms with van der Waals surface area (Å²) in [5, 5.41) is 0. The van der Waals surface area contributed by atoms with Crippen molar-refractivity contribution < 1.29 is 32.2 Å². The van der Waals surface area contributed by atoms with Gasteiger partial charge in [0, 0.05) is 5.56 Å². The minimum Gasteiger partial charge on any atom is -0.494 e. The molecule has 0 unspecified atom stereocenters. The Morgan fingerprint density at radius 3 is 2.08 bits per heavy atom. The van der Waals surface area contributed by atoms with Crippen LogP contribution in [0.2, 0.25) is 0 Å². The van der Waals surface area contributed by atoms with Crippen molar-refractivity contribution in [3.05, 3.63) is 115 Å². The summed E-state index contributed by atoms with van der Waals surface area (Å²) in [5.41, 5.74) is 1.15. The van der Waals surface area contributed by atoms with Gasteiger partial charge in [-0.2, -0.15) is 0 Å². The molecule has 0 spiro atoms. The third-order valence-corrected chi connectivity index (χ3v) is 5.47. The molecule has 4 aromatic carbocycles. The number of ether oxygens (including phenoxy) is 3. The van der Waals surface area contributed by atoms with Crippen molar-refractivity contribution in [3.63, 3.8) is 0 Å². The van der Waals surface area contributed by atoms with Crippen molar-refractivity contribution in [1.82, 2.24) is 0 Å². The van der Waals surface area contributed by atoms with Gasteiger partial charge in [0.1, 0.15) is 18.1 Å². The monoisotopic (exact) mass is 504 g/mol. The third-order valence-electron chi connectivity index (χ3n) is 5.47. The number of benzene rings is 4. The van der Waals surface area contributed by atoms with Crippen molar-refractivity contribution in [2.75, 3.05) is 13.2 Å². The molecule has 188 valence electrons. The lowest BCUT2D eigenvalue weighted by Crippen LogP contribution is -2.12. The SMILES string of the molecule is C=CCOc1ccc(-c2ccc(OC(=O)c3ccc(-c4ccc(OCC)cc4)c(F)c3F)cc2)cc1F. The second-order valence-corrected chi connectivity index (χ2v) is 7.90. The first kappa shape index (κ1) is 25.6. The van der Waals surface area contributed by atoms with Crippen LogP contribution >= 0.6 is 0 Å². The lowest BCUT2D eigenvalue weighted by molar-refractivity contribution is 0.0728. The van der Waals surface area contributed by atoms with Crippen molar-refractivity contribution in [2.45, 2.75) is 6.92 Å². The molecular weight excluding hydrogens is 481 g/mol. The Hall–Kier alpha value is -4.52. The summed E-state index contributed by atoms with van der Waals surface area (Å²) in [6.45, 7) is 6.04. The van der Waals surface area contributed by atoms with Gasteiger partial charge in [0.2, 0.25) is 0 Å². The second kappa shape index (κ2) is 11.5. The molecule has 37 heavy (non-hydrogen) atoms. The van der Waals surface area contributed by atoms with Crippen LogP contribution in [0.15, 0.2) is 91.5 Å². The molecule has 0 bridgehead atoms. The van der Waals surface area contributed by atoms with E-state index < -0.39 is 29.0 Å². The fourth-order valence-corrected chi connectivity index (χ4v) is 3.65. The van der Waals surface area contributed by atoms with E-state index in [-0.39, 0.29) is 23.7 Å². The zero-order chi connectivity index (χ0) is 26.4. The van der Waals surface area contributed by atoms with E-state index in [1.807, 2.05) is 6.92 Å². The third kappa shape index (κ3) is 5.83. The minimum atomic E-state index is -1.30. The molecule has 0 aliphatic rings. The molecule has 4 rings (SSSR count). The molecule has 0 aliphatic heterocycles. The lowest BCUT2D eigenvalue weighted by atomic mass is 10.0. The van der Waals surface area contributed by atoms with Crippen LogP contribution in [0.25, 0.3) is 22.3 Å². The van der Waals surface area contributed by atoms with E-state index in [1.54, 1.807) is 42.5 Å². The summed E-state index contributed by atoms with van der Waals surface area (Å²) in [7, 11) is 0. The Labute approximate surface area is 212 Å². The molecule has 0 aromatic heterocycles. The first-order valence-corrected chi connectivity index (χ1v) is 11.5. The summed E-state index contributed by atoms with van der Waals surface area (Å²) in [4.78, 5) is 12.6. The number of carbonyl (C=O) groups is 1. The molecule has 0 saturated carbocycles. The topological polar surface area (TPSA) is 44.8 Å². The van der Waals surface area contributed by atoms with Crippen LogP contribution in [0, 0.1) is 17.5 Å². The second-order valence-electron chi connectivity index (χ2n) is 7.90. The molecule has 0 fully saturated rings. The number of esters is 1. The smallest absolute Gasteiger partial charge is 0.346 e. The molecule has 0 atom stereocenters. The van der Waals surface area contributed by atoms with Gasteiger partial charge in [-0.1, -0.05) is 49.1 Å². The van der Waals surface area contributed by atoms with E-state index in [2.05, 4.69) is 6.58 Å². The van der Waals surface area contributed by atoms with Crippen LogP contribution in [0.4, 0.5) is 13.2 Å². The average molecular weight is 505 g/mol. The van der Waals surface area contributed by atoms with E-state index in [4.69, 9.17) is 14.2 Å². The van der Waals surface area contributed by atoms with Crippen LogP contribution in [0.3, 0.4) is 0 Å². The maximum Gasteiger partial charge on any atom is 0.346 e.